The van der Waals surface area contributed by atoms with Gasteiger partial charge in [0.2, 0.25) is 0 Å². The summed E-state index contributed by atoms with van der Waals surface area (Å²) in [5.41, 5.74) is 2.28. The normalized spacial score (nSPS) is 16.2. The minimum absolute atomic E-state index is 0. The summed E-state index contributed by atoms with van der Waals surface area (Å²) >= 11 is 0. The molecule has 2 heterocycles. The SMILES string of the molecule is Cc1ccc(-n2nnc(C(=O)NCC(N3CCNCC3)C(F)(F)F)c2C)cc1.Cl. The monoisotopic (exact) mass is 432 g/mol. The highest BCUT2D eigenvalue weighted by molar-refractivity contribution is 5.93. The molecule has 1 aromatic carbocycles. The van der Waals surface area contributed by atoms with Gasteiger partial charge in [0.05, 0.1) is 11.4 Å². The standard InChI is InChI=1S/C18H23F3N6O.ClH/c1-12-3-5-14(6-4-12)27-13(2)16(24-25-27)17(28)23-11-15(18(19,20)21)26-9-7-22-8-10-26;/h3-6,15,22H,7-11H2,1-2H3,(H,23,28);1H. The van der Waals surface area contributed by atoms with Crippen molar-refractivity contribution in [3.8, 4) is 5.69 Å². The van der Waals surface area contributed by atoms with Crippen LogP contribution in [0.1, 0.15) is 21.7 Å². The van der Waals surface area contributed by atoms with Gasteiger partial charge in [-0.05, 0) is 26.0 Å². The molecule has 0 spiro atoms. The first-order valence-corrected chi connectivity index (χ1v) is 9.06. The summed E-state index contributed by atoms with van der Waals surface area (Å²) in [6.45, 7) is 4.62. The highest BCUT2D eigenvalue weighted by atomic mass is 35.5. The maximum Gasteiger partial charge on any atom is 0.405 e. The predicted molar refractivity (Wildman–Crippen MR) is 105 cm³/mol. The topological polar surface area (TPSA) is 75.1 Å². The molecular weight excluding hydrogens is 409 g/mol. The molecule has 1 amide bonds. The molecule has 160 valence electrons. The number of aromatic nitrogens is 3. The van der Waals surface area contributed by atoms with Gasteiger partial charge in [0.15, 0.2) is 5.69 Å². The van der Waals surface area contributed by atoms with Gasteiger partial charge in [-0.25, -0.2) is 4.68 Å². The number of aryl methyl sites for hydroxylation is 1. The Kier molecular flexibility index (Phi) is 7.61. The van der Waals surface area contributed by atoms with Crippen molar-refractivity contribution in [1.82, 2.24) is 30.5 Å². The van der Waals surface area contributed by atoms with E-state index in [1.165, 1.54) is 9.58 Å². The van der Waals surface area contributed by atoms with Gasteiger partial charge in [0, 0.05) is 32.7 Å². The number of hydrogen-bond acceptors (Lipinski definition) is 5. The number of amides is 1. The minimum Gasteiger partial charge on any atom is -0.349 e. The molecule has 2 N–H and O–H groups in total. The fourth-order valence-electron chi connectivity index (χ4n) is 3.19. The van der Waals surface area contributed by atoms with Gasteiger partial charge in [0.25, 0.3) is 5.91 Å². The third-order valence-electron chi connectivity index (χ3n) is 4.81. The van der Waals surface area contributed by atoms with Gasteiger partial charge in [-0.3, -0.25) is 9.69 Å². The Morgan fingerprint density at radius 2 is 1.83 bits per heavy atom. The van der Waals surface area contributed by atoms with Crippen LogP contribution in [0, 0.1) is 13.8 Å². The average Bonchev–Trinajstić information content (AvgIpc) is 3.04. The second-order valence-electron chi connectivity index (χ2n) is 6.82. The first kappa shape index (κ1) is 23.1. The van der Waals surface area contributed by atoms with E-state index >= 15 is 0 Å². The number of alkyl halides is 3. The van der Waals surface area contributed by atoms with Crippen molar-refractivity contribution in [2.24, 2.45) is 0 Å². The van der Waals surface area contributed by atoms with Gasteiger partial charge in [0.1, 0.15) is 6.04 Å². The van der Waals surface area contributed by atoms with Crippen molar-refractivity contribution >= 4 is 18.3 Å². The lowest BCUT2D eigenvalue weighted by molar-refractivity contribution is -0.183. The van der Waals surface area contributed by atoms with Crippen LogP contribution in [-0.4, -0.2) is 70.7 Å². The fraction of sp³-hybridized carbons (Fsp3) is 0.500. The third kappa shape index (κ3) is 5.46. The van der Waals surface area contributed by atoms with Crippen molar-refractivity contribution in [3.05, 3.63) is 41.2 Å². The molecule has 1 aliphatic heterocycles. The quantitative estimate of drug-likeness (QED) is 0.754. The minimum atomic E-state index is -4.43. The van der Waals surface area contributed by atoms with Crippen molar-refractivity contribution in [3.63, 3.8) is 0 Å². The first-order chi connectivity index (χ1) is 13.3. The number of nitrogens with one attached hydrogen (secondary N) is 2. The van der Waals surface area contributed by atoms with E-state index < -0.39 is 24.7 Å². The van der Waals surface area contributed by atoms with E-state index in [9.17, 15) is 18.0 Å². The summed E-state index contributed by atoms with van der Waals surface area (Å²) in [4.78, 5) is 13.8. The fourth-order valence-corrected chi connectivity index (χ4v) is 3.19. The molecule has 1 fully saturated rings. The number of piperazine rings is 1. The van der Waals surface area contributed by atoms with Crippen molar-refractivity contribution in [1.29, 1.82) is 0 Å². The molecule has 1 saturated heterocycles. The second-order valence-corrected chi connectivity index (χ2v) is 6.82. The molecule has 29 heavy (non-hydrogen) atoms. The maximum atomic E-state index is 13.4. The van der Waals surface area contributed by atoms with E-state index in [4.69, 9.17) is 0 Å². The van der Waals surface area contributed by atoms with E-state index in [2.05, 4.69) is 20.9 Å². The molecule has 1 unspecified atom stereocenters. The van der Waals surface area contributed by atoms with Crippen LogP contribution < -0.4 is 10.6 Å². The van der Waals surface area contributed by atoms with E-state index in [1.54, 1.807) is 6.92 Å². The summed E-state index contributed by atoms with van der Waals surface area (Å²) in [6.07, 6.45) is -4.43. The summed E-state index contributed by atoms with van der Waals surface area (Å²) < 4.78 is 41.8. The smallest absolute Gasteiger partial charge is 0.349 e. The predicted octanol–water partition coefficient (Wildman–Crippen LogP) is 1.87. The average molecular weight is 433 g/mol. The van der Waals surface area contributed by atoms with Crippen LogP contribution in [-0.2, 0) is 0 Å². The molecule has 0 aliphatic carbocycles. The molecule has 0 bridgehead atoms. The van der Waals surface area contributed by atoms with Crippen LogP contribution in [0.15, 0.2) is 24.3 Å². The van der Waals surface area contributed by atoms with Gasteiger partial charge >= 0.3 is 6.18 Å². The zero-order valence-corrected chi connectivity index (χ0v) is 17.0. The number of rotatable bonds is 5. The van der Waals surface area contributed by atoms with Gasteiger partial charge in [-0.2, -0.15) is 13.2 Å². The lowest BCUT2D eigenvalue weighted by atomic mass is 10.2. The summed E-state index contributed by atoms with van der Waals surface area (Å²) in [6, 6.07) is 5.74. The van der Waals surface area contributed by atoms with E-state index in [1.807, 2.05) is 31.2 Å². The van der Waals surface area contributed by atoms with E-state index in [0.717, 1.165) is 11.3 Å². The molecule has 7 nitrogen and oxygen atoms in total. The molecule has 1 aromatic heterocycles. The highest BCUT2D eigenvalue weighted by Gasteiger charge is 2.44. The Bertz CT molecular complexity index is 818. The van der Waals surface area contributed by atoms with Crippen LogP contribution in [0.3, 0.4) is 0 Å². The molecule has 1 atom stereocenters. The molecular formula is C18H24ClF3N6O. The van der Waals surface area contributed by atoms with Crippen LogP contribution >= 0.6 is 12.4 Å². The molecule has 2 aromatic rings. The molecule has 0 saturated carbocycles. The van der Waals surface area contributed by atoms with Crippen molar-refractivity contribution < 1.29 is 18.0 Å². The van der Waals surface area contributed by atoms with Crippen LogP contribution in [0.2, 0.25) is 0 Å². The number of benzene rings is 1. The number of nitrogens with zero attached hydrogens (tertiary/aromatic N) is 4. The van der Waals surface area contributed by atoms with Crippen molar-refractivity contribution in [2.75, 3.05) is 32.7 Å². The third-order valence-corrected chi connectivity index (χ3v) is 4.81. The van der Waals surface area contributed by atoms with Gasteiger partial charge in [-0.1, -0.05) is 22.9 Å². The first-order valence-electron chi connectivity index (χ1n) is 9.06. The molecule has 3 rings (SSSR count). The maximum absolute atomic E-state index is 13.4. The second kappa shape index (κ2) is 9.55. The Labute approximate surface area is 173 Å². The number of hydrogen-bond donors (Lipinski definition) is 2. The lowest BCUT2D eigenvalue weighted by Gasteiger charge is -2.35. The lowest BCUT2D eigenvalue weighted by Crippen LogP contribution is -2.57. The molecule has 1 aliphatic rings. The Hall–Kier alpha value is -2.17. The van der Waals surface area contributed by atoms with Crippen LogP contribution in [0.4, 0.5) is 13.2 Å². The van der Waals surface area contributed by atoms with Crippen molar-refractivity contribution in [2.45, 2.75) is 26.1 Å². The van der Waals surface area contributed by atoms with Gasteiger partial charge in [-0.15, -0.1) is 17.5 Å². The zero-order chi connectivity index (χ0) is 20.3. The largest absolute Gasteiger partial charge is 0.405 e. The highest BCUT2D eigenvalue weighted by Crippen LogP contribution is 2.25. The van der Waals surface area contributed by atoms with Gasteiger partial charge < -0.3 is 10.6 Å². The van der Waals surface area contributed by atoms with E-state index in [0.29, 0.717) is 18.8 Å². The zero-order valence-electron chi connectivity index (χ0n) is 16.2. The summed E-state index contributed by atoms with van der Waals surface area (Å²) in [5, 5.41) is 13.2. The number of halogens is 4. The Morgan fingerprint density at radius 3 is 2.41 bits per heavy atom. The molecule has 0 radical (unpaired) electrons. The molecule has 11 heteroatoms. The van der Waals surface area contributed by atoms with E-state index in [-0.39, 0.29) is 31.2 Å². The Balaban J connectivity index is 0.00000300. The Morgan fingerprint density at radius 1 is 1.21 bits per heavy atom. The number of carbonyl (C=O) groups is 1. The van der Waals surface area contributed by atoms with Crippen LogP contribution in [0.5, 0.6) is 0 Å². The summed E-state index contributed by atoms with van der Waals surface area (Å²) in [5.74, 6) is -0.666. The number of carbonyl (C=O) groups excluding carboxylic acids is 1. The van der Waals surface area contributed by atoms with Crippen LogP contribution in [0.25, 0.3) is 5.69 Å². The summed E-state index contributed by atoms with van der Waals surface area (Å²) in [7, 11) is 0.